The molecule has 1 aliphatic carbocycles. The highest BCUT2D eigenvalue weighted by Gasteiger charge is 2.36. The Morgan fingerprint density at radius 3 is 2.65 bits per heavy atom. The second kappa shape index (κ2) is 5.96. The van der Waals surface area contributed by atoms with Crippen molar-refractivity contribution in [1.29, 1.82) is 0 Å². The smallest absolute Gasteiger partial charge is 0.241 e. The van der Waals surface area contributed by atoms with Crippen LogP contribution in [0.2, 0.25) is 0 Å². The van der Waals surface area contributed by atoms with E-state index in [2.05, 4.69) is 36.5 Å². The van der Waals surface area contributed by atoms with Crippen LogP contribution in [0.1, 0.15) is 38.2 Å². The molecule has 1 aromatic rings. The molecule has 2 aliphatic rings. The highest BCUT2D eigenvalue weighted by Crippen LogP contribution is 2.33. The summed E-state index contributed by atoms with van der Waals surface area (Å²) in [4.78, 5) is 14.5. The van der Waals surface area contributed by atoms with Crippen LogP contribution in [0.15, 0.2) is 30.3 Å². The van der Waals surface area contributed by atoms with Gasteiger partial charge in [0.1, 0.15) is 0 Å². The van der Waals surface area contributed by atoms with Crippen LogP contribution < -0.4 is 5.32 Å². The lowest BCUT2D eigenvalue weighted by molar-refractivity contribution is -0.130. The van der Waals surface area contributed by atoms with Crippen molar-refractivity contribution in [3.05, 3.63) is 35.9 Å². The van der Waals surface area contributed by atoms with Gasteiger partial charge in [-0.3, -0.25) is 10.1 Å². The largest absolute Gasteiger partial charge is 0.326 e. The third-order valence-corrected chi connectivity index (χ3v) is 4.53. The molecule has 0 aromatic heterocycles. The summed E-state index contributed by atoms with van der Waals surface area (Å²) >= 11 is 0. The molecule has 3 heteroatoms. The Labute approximate surface area is 121 Å². The van der Waals surface area contributed by atoms with Crippen molar-refractivity contribution >= 4 is 5.91 Å². The van der Waals surface area contributed by atoms with Gasteiger partial charge in [0.05, 0.1) is 12.2 Å². The van der Waals surface area contributed by atoms with Crippen LogP contribution in [0.4, 0.5) is 0 Å². The minimum absolute atomic E-state index is 0.00408. The van der Waals surface area contributed by atoms with Gasteiger partial charge >= 0.3 is 0 Å². The summed E-state index contributed by atoms with van der Waals surface area (Å²) in [5.74, 6) is 1.19. The lowest BCUT2D eigenvalue weighted by atomic mass is 10.1. The monoisotopic (exact) mass is 272 g/mol. The molecule has 3 rings (SSSR count). The van der Waals surface area contributed by atoms with Gasteiger partial charge in [-0.05, 0) is 37.7 Å². The van der Waals surface area contributed by atoms with E-state index in [1.54, 1.807) is 0 Å². The van der Waals surface area contributed by atoms with Gasteiger partial charge in [-0.15, -0.1) is 0 Å². The number of carbonyl (C=O) groups excluding carboxylic acids is 1. The molecule has 2 atom stereocenters. The van der Waals surface area contributed by atoms with Gasteiger partial charge in [-0.25, -0.2) is 0 Å². The molecule has 2 unspecified atom stereocenters. The second-order valence-corrected chi connectivity index (χ2v) is 6.18. The minimum atomic E-state index is 0.00408. The quantitative estimate of drug-likeness (QED) is 0.863. The van der Waals surface area contributed by atoms with E-state index in [9.17, 15) is 4.79 Å². The first kappa shape index (κ1) is 13.6. The Hall–Kier alpha value is -1.35. The van der Waals surface area contributed by atoms with Crippen molar-refractivity contribution in [1.82, 2.24) is 10.2 Å². The maximum absolute atomic E-state index is 12.4. The molecule has 1 aromatic carbocycles. The topological polar surface area (TPSA) is 32.3 Å². The summed E-state index contributed by atoms with van der Waals surface area (Å²) in [5.41, 5.74) is 1.31. The molecule has 1 saturated heterocycles. The van der Waals surface area contributed by atoms with Crippen LogP contribution in [0.25, 0.3) is 0 Å². The lowest BCUT2D eigenvalue weighted by Gasteiger charge is -2.20. The van der Waals surface area contributed by atoms with E-state index in [-0.39, 0.29) is 12.2 Å². The van der Waals surface area contributed by atoms with Gasteiger partial charge in [0.2, 0.25) is 5.91 Å². The summed E-state index contributed by atoms with van der Waals surface area (Å²) in [6, 6.07) is 10.4. The molecule has 1 aliphatic heterocycles. The fourth-order valence-electron chi connectivity index (χ4n) is 3.04. The zero-order chi connectivity index (χ0) is 13.9. The average molecular weight is 272 g/mol. The van der Waals surface area contributed by atoms with Crippen molar-refractivity contribution in [3.63, 3.8) is 0 Å². The third kappa shape index (κ3) is 3.21. The van der Waals surface area contributed by atoms with E-state index in [0.717, 1.165) is 25.3 Å². The Morgan fingerprint density at radius 1 is 1.20 bits per heavy atom. The molecular weight excluding hydrogens is 248 g/mol. The maximum Gasteiger partial charge on any atom is 0.241 e. The van der Waals surface area contributed by atoms with Gasteiger partial charge in [0, 0.05) is 6.54 Å². The molecule has 1 amide bonds. The van der Waals surface area contributed by atoms with Crippen molar-refractivity contribution in [3.8, 4) is 0 Å². The van der Waals surface area contributed by atoms with E-state index in [1.165, 1.54) is 24.8 Å². The van der Waals surface area contributed by atoms with Crippen LogP contribution in [-0.2, 0) is 11.2 Å². The van der Waals surface area contributed by atoms with E-state index < -0.39 is 0 Å². The number of carbonyl (C=O) groups is 1. The van der Waals surface area contributed by atoms with Crippen molar-refractivity contribution in [2.24, 2.45) is 5.92 Å². The first-order valence-corrected chi connectivity index (χ1v) is 7.84. The molecule has 3 nitrogen and oxygen atoms in total. The number of hydrogen-bond acceptors (Lipinski definition) is 2. The zero-order valence-corrected chi connectivity index (χ0v) is 12.2. The van der Waals surface area contributed by atoms with Crippen LogP contribution in [0.3, 0.4) is 0 Å². The summed E-state index contributed by atoms with van der Waals surface area (Å²) in [6.07, 6.45) is 5.97. The molecule has 1 N–H and O–H groups in total. The predicted octanol–water partition coefficient (Wildman–Crippen LogP) is 2.57. The van der Waals surface area contributed by atoms with Crippen molar-refractivity contribution in [2.75, 3.05) is 6.54 Å². The van der Waals surface area contributed by atoms with E-state index in [0.29, 0.717) is 5.91 Å². The standard InChI is InChI=1S/C17H24N2O/c1-13-18-16(10-9-14-5-3-2-4-6-14)17(20)19(13)12-11-15-7-8-15/h2-6,13,15-16,18H,7-12H2,1H3. The molecular formula is C17H24N2O. The molecule has 0 spiro atoms. The predicted molar refractivity (Wildman–Crippen MR) is 80.2 cm³/mol. The lowest BCUT2D eigenvalue weighted by Crippen LogP contribution is -2.35. The molecule has 0 bridgehead atoms. The second-order valence-electron chi connectivity index (χ2n) is 6.18. The van der Waals surface area contributed by atoms with E-state index >= 15 is 0 Å². The van der Waals surface area contributed by atoms with Crippen LogP contribution >= 0.6 is 0 Å². The van der Waals surface area contributed by atoms with Gasteiger partial charge in [-0.2, -0.15) is 0 Å². The summed E-state index contributed by atoms with van der Waals surface area (Å²) in [5, 5.41) is 3.44. The van der Waals surface area contributed by atoms with Gasteiger partial charge in [0.15, 0.2) is 0 Å². The summed E-state index contributed by atoms with van der Waals surface area (Å²) < 4.78 is 0. The molecule has 20 heavy (non-hydrogen) atoms. The van der Waals surface area contributed by atoms with Crippen LogP contribution in [-0.4, -0.2) is 29.6 Å². The Bertz CT molecular complexity index is 455. The number of hydrogen-bond donors (Lipinski definition) is 1. The zero-order valence-electron chi connectivity index (χ0n) is 12.2. The molecule has 1 saturated carbocycles. The van der Waals surface area contributed by atoms with Crippen LogP contribution in [0, 0.1) is 5.92 Å². The molecule has 2 fully saturated rings. The number of nitrogens with zero attached hydrogens (tertiary/aromatic N) is 1. The molecule has 108 valence electrons. The highest BCUT2D eigenvalue weighted by molar-refractivity contribution is 5.84. The van der Waals surface area contributed by atoms with Gasteiger partial charge < -0.3 is 4.90 Å². The van der Waals surface area contributed by atoms with Crippen LogP contribution in [0.5, 0.6) is 0 Å². The van der Waals surface area contributed by atoms with Crippen molar-refractivity contribution < 1.29 is 4.79 Å². The Balaban J connectivity index is 1.51. The van der Waals surface area contributed by atoms with Gasteiger partial charge in [0.25, 0.3) is 0 Å². The number of nitrogens with one attached hydrogen (secondary N) is 1. The summed E-state index contributed by atoms with van der Waals surface area (Å²) in [6.45, 7) is 3.03. The van der Waals surface area contributed by atoms with Crippen molar-refractivity contribution in [2.45, 2.75) is 51.2 Å². The number of amides is 1. The molecule has 0 radical (unpaired) electrons. The SMILES string of the molecule is CC1NC(CCc2ccccc2)C(=O)N1CCC1CC1. The van der Waals surface area contributed by atoms with Gasteiger partial charge in [-0.1, -0.05) is 43.2 Å². The maximum atomic E-state index is 12.4. The average Bonchev–Trinajstić information content (AvgIpc) is 3.24. The fraction of sp³-hybridized carbons (Fsp3) is 0.588. The number of rotatable bonds is 6. The Morgan fingerprint density at radius 2 is 1.95 bits per heavy atom. The Kier molecular flexibility index (Phi) is 4.06. The van der Waals surface area contributed by atoms with E-state index in [4.69, 9.17) is 0 Å². The first-order valence-electron chi connectivity index (χ1n) is 7.84. The fourth-order valence-corrected chi connectivity index (χ4v) is 3.04. The van der Waals surface area contributed by atoms with E-state index in [1.807, 2.05) is 11.0 Å². The highest BCUT2D eigenvalue weighted by atomic mass is 16.2. The minimum Gasteiger partial charge on any atom is -0.326 e. The third-order valence-electron chi connectivity index (χ3n) is 4.53. The normalized spacial score (nSPS) is 26.2. The summed E-state index contributed by atoms with van der Waals surface area (Å²) in [7, 11) is 0. The number of aryl methyl sites for hydroxylation is 1. The molecule has 1 heterocycles. The first-order chi connectivity index (χ1) is 9.74. The number of benzene rings is 1.